The molecular weight excluding hydrogens is 468 g/mol. The second-order valence-electron chi connectivity index (χ2n) is 8.77. The van der Waals surface area contributed by atoms with Crippen molar-refractivity contribution in [1.29, 1.82) is 0 Å². The van der Waals surface area contributed by atoms with E-state index in [9.17, 15) is 23.2 Å². The first kappa shape index (κ1) is 23.8. The Hall–Kier alpha value is -2.97. The summed E-state index contributed by atoms with van der Waals surface area (Å²) in [5, 5.41) is 22.1. The highest BCUT2D eigenvalue weighted by Crippen LogP contribution is 2.36. The van der Waals surface area contributed by atoms with Gasteiger partial charge in [-0.25, -0.2) is 15.0 Å². The van der Waals surface area contributed by atoms with Gasteiger partial charge in [-0.1, -0.05) is 0 Å². The lowest BCUT2D eigenvalue weighted by molar-refractivity contribution is -0.142. The zero-order valence-corrected chi connectivity index (χ0v) is 18.7. The number of piperidine rings is 1. The monoisotopic (exact) mass is 492 g/mol. The fraction of sp³-hybridized carbons (Fsp3) is 0.524. The minimum Gasteiger partial charge on any atom is -0.469 e. The number of nitrogens with zero attached hydrogens (tertiary/aromatic N) is 5. The Kier molecular flexibility index (Phi) is 6.51. The standard InChI is InChI=1S/C21H24BF3N6O4/c23-21(24,25)16-7-26-20(30-19(16)35-14-9-34-10-14)29-13-2-1-5-31(8-13)18-15-4-3-12(22(32)33)6-17(15)27-11-28-18/h6-7,11,13-14,32-33H,1-5,8-10H2,(H,26,29,30)/t13-/m1/s1. The third-order valence-corrected chi connectivity index (χ3v) is 6.27. The summed E-state index contributed by atoms with van der Waals surface area (Å²) in [4.78, 5) is 18.8. The molecule has 3 N–H and O–H groups in total. The topological polar surface area (TPSA) is 126 Å². The number of allylic oxidation sites excluding steroid dienone is 1. The normalized spacial score (nSPS) is 20.5. The van der Waals surface area contributed by atoms with Crippen LogP contribution >= 0.6 is 0 Å². The number of rotatable bonds is 6. The molecule has 0 saturated carbocycles. The van der Waals surface area contributed by atoms with Crippen LogP contribution in [0.2, 0.25) is 0 Å². The number of anilines is 2. The van der Waals surface area contributed by atoms with E-state index in [0.29, 0.717) is 30.6 Å². The van der Waals surface area contributed by atoms with Crippen molar-refractivity contribution in [3.8, 4) is 5.88 Å². The van der Waals surface area contributed by atoms with Crippen LogP contribution in [0.1, 0.15) is 36.1 Å². The molecule has 2 aliphatic heterocycles. The van der Waals surface area contributed by atoms with Crippen molar-refractivity contribution in [2.45, 2.75) is 44.0 Å². The highest BCUT2D eigenvalue weighted by atomic mass is 19.4. The van der Waals surface area contributed by atoms with Gasteiger partial charge in [-0.15, -0.1) is 0 Å². The predicted octanol–water partition coefficient (Wildman–Crippen LogP) is 1.49. The van der Waals surface area contributed by atoms with Crippen LogP contribution in [-0.4, -0.2) is 75.6 Å². The molecule has 0 unspecified atom stereocenters. The SMILES string of the molecule is OB(O)C1=Cc2ncnc(N3CCC[C@@H](Nc4ncc(C(F)(F)F)c(OC5COC5)n4)C3)c2CC1. The third-order valence-electron chi connectivity index (χ3n) is 6.27. The maximum Gasteiger partial charge on any atom is 0.484 e. The van der Waals surface area contributed by atoms with Gasteiger partial charge in [0.25, 0.3) is 0 Å². The first-order chi connectivity index (χ1) is 16.8. The van der Waals surface area contributed by atoms with Gasteiger partial charge < -0.3 is 29.7 Å². The molecule has 2 fully saturated rings. The number of ether oxygens (including phenoxy) is 2. The number of alkyl halides is 3. The zero-order chi connectivity index (χ0) is 24.6. The van der Waals surface area contributed by atoms with Crippen molar-refractivity contribution in [1.82, 2.24) is 19.9 Å². The van der Waals surface area contributed by atoms with Crippen molar-refractivity contribution in [2.75, 3.05) is 36.5 Å². The predicted molar refractivity (Wildman–Crippen MR) is 120 cm³/mol. The summed E-state index contributed by atoms with van der Waals surface area (Å²) in [5.74, 6) is 0.329. The summed E-state index contributed by atoms with van der Waals surface area (Å²) in [5.41, 5.74) is 1.08. The number of hydrogen-bond donors (Lipinski definition) is 3. The molecule has 14 heteroatoms. The molecule has 186 valence electrons. The molecule has 0 spiro atoms. The highest BCUT2D eigenvalue weighted by Gasteiger charge is 2.38. The van der Waals surface area contributed by atoms with E-state index in [1.54, 1.807) is 6.08 Å². The van der Waals surface area contributed by atoms with E-state index in [1.165, 1.54) is 6.33 Å². The van der Waals surface area contributed by atoms with E-state index in [-0.39, 0.29) is 25.2 Å². The lowest BCUT2D eigenvalue weighted by atomic mass is 9.73. The van der Waals surface area contributed by atoms with Gasteiger partial charge in [-0.05, 0) is 37.2 Å². The fourth-order valence-corrected chi connectivity index (χ4v) is 4.40. The van der Waals surface area contributed by atoms with Gasteiger partial charge in [0, 0.05) is 30.9 Å². The first-order valence-corrected chi connectivity index (χ1v) is 11.4. The van der Waals surface area contributed by atoms with Gasteiger partial charge in [-0.3, -0.25) is 0 Å². The molecule has 0 radical (unpaired) electrons. The Bertz CT molecular complexity index is 1110. The van der Waals surface area contributed by atoms with Crippen LogP contribution < -0.4 is 15.0 Å². The molecule has 5 rings (SSSR count). The summed E-state index contributed by atoms with van der Waals surface area (Å²) in [6, 6.07) is -0.125. The molecule has 0 aromatic carbocycles. The molecule has 1 atom stereocenters. The Morgan fingerprint density at radius 1 is 1.17 bits per heavy atom. The van der Waals surface area contributed by atoms with Gasteiger partial charge in [-0.2, -0.15) is 18.2 Å². The summed E-state index contributed by atoms with van der Waals surface area (Å²) < 4.78 is 50.6. The van der Waals surface area contributed by atoms with E-state index in [2.05, 4.69) is 30.2 Å². The van der Waals surface area contributed by atoms with Gasteiger partial charge >= 0.3 is 13.3 Å². The van der Waals surface area contributed by atoms with Crippen LogP contribution in [0.4, 0.5) is 24.9 Å². The number of hydrogen-bond acceptors (Lipinski definition) is 10. The molecular formula is C21H24BF3N6O4. The fourth-order valence-electron chi connectivity index (χ4n) is 4.40. The molecule has 0 amide bonds. The summed E-state index contributed by atoms with van der Waals surface area (Å²) in [6.07, 6.45) is 1.45. The second-order valence-corrected chi connectivity index (χ2v) is 8.77. The van der Waals surface area contributed by atoms with Crippen molar-refractivity contribution in [2.24, 2.45) is 0 Å². The van der Waals surface area contributed by atoms with Crippen molar-refractivity contribution in [3.63, 3.8) is 0 Å². The van der Waals surface area contributed by atoms with Gasteiger partial charge in [0.2, 0.25) is 11.8 Å². The Morgan fingerprint density at radius 3 is 2.71 bits per heavy atom. The van der Waals surface area contributed by atoms with Crippen LogP contribution in [0.25, 0.3) is 6.08 Å². The maximum atomic E-state index is 13.4. The number of aromatic nitrogens is 4. The Balaban J connectivity index is 1.33. The van der Waals surface area contributed by atoms with Crippen LogP contribution in [0.15, 0.2) is 18.0 Å². The quantitative estimate of drug-likeness (QED) is 0.511. The van der Waals surface area contributed by atoms with E-state index >= 15 is 0 Å². The molecule has 2 saturated heterocycles. The zero-order valence-electron chi connectivity index (χ0n) is 18.7. The lowest BCUT2D eigenvalue weighted by Gasteiger charge is -2.35. The molecule has 35 heavy (non-hydrogen) atoms. The lowest BCUT2D eigenvalue weighted by Crippen LogP contribution is -2.43. The van der Waals surface area contributed by atoms with Crippen molar-refractivity contribution < 1.29 is 32.7 Å². The molecule has 2 aromatic heterocycles. The van der Waals surface area contributed by atoms with Crippen molar-refractivity contribution >= 4 is 25.0 Å². The third kappa shape index (κ3) is 5.18. The first-order valence-electron chi connectivity index (χ1n) is 11.4. The molecule has 3 aliphatic rings. The van der Waals surface area contributed by atoms with Crippen LogP contribution in [0.3, 0.4) is 0 Å². The maximum absolute atomic E-state index is 13.4. The number of nitrogens with one attached hydrogen (secondary N) is 1. The molecule has 2 aromatic rings. The van der Waals surface area contributed by atoms with Crippen LogP contribution in [0.5, 0.6) is 5.88 Å². The largest absolute Gasteiger partial charge is 0.484 e. The molecule has 1 aliphatic carbocycles. The van der Waals surface area contributed by atoms with E-state index < -0.39 is 30.8 Å². The Labute approximate surface area is 199 Å². The van der Waals surface area contributed by atoms with Crippen molar-refractivity contribution in [3.05, 3.63) is 34.8 Å². The van der Waals surface area contributed by atoms with Gasteiger partial charge in [0.15, 0.2) is 0 Å². The average molecular weight is 492 g/mol. The summed E-state index contributed by atoms with van der Waals surface area (Å²) in [6.45, 7) is 1.74. The highest BCUT2D eigenvalue weighted by molar-refractivity contribution is 6.52. The molecule has 0 bridgehead atoms. The van der Waals surface area contributed by atoms with E-state index in [0.717, 1.165) is 37.0 Å². The van der Waals surface area contributed by atoms with Crippen LogP contribution in [0, 0.1) is 0 Å². The average Bonchev–Trinajstić information content (AvgIpc) is 2.80. The minimum atomic E-state index is -4.63. The number of halogens is 3. The van der Waals surface area contributed by atoms with E-state index in [1.807, 2.05) is 0 Å². The second kappa shape index (κ2) is 9.59. The smallest absolute Gasteiger partial charge is 0.469 e. The van der Waals surface area contributed by atoms with Crippen LogP contribution in [-0.2, 0) is 17.3 Å². The Morgan fingerprint density at radius 2 is 2.00 bits per heavy atom. The summed E-state index contributed by atoms with van der Waals surface area (Å²) in [7, 11) is -1.51. The minimum absolute atomic E-state index is 0.0642. The number of fused-ring (bicyclic) bond motifs is 1. The van der Waals surface area contributed by atoms with Gasteiger partial charge in [0.1, 0.15) is 23.8 Å². The van der Waals surface area contributed by atoms with Gasteiger partial charge in [0.05, 0.1) is 18.9 Å². The molecule has 10 nitrogen and oxygen atoms in total. The summed E-state index contributed by atoms with van der Waals surface area (Å²) >= 11 is 0. The van der Waals surface area contributed by atoms with E-state index in [4.69, 9.17) is 9.47 Å². The molecule has 4 heterocycles.